The Hall–Kier alpha value is -1.35. The first-order valence-electron chi connectivity index (χ1n) is 12.3. The minimum atomic E-state index is -2.35. The highest BCUT2D eigenvalue weighted by Gasteiger charge is 2.22. The predicted molar refractivity (Wildman–Crippen MR) is 130 cm³/mol. The second-order valence-corrected chi connectivity index (χ2v) is 10.2. The van der Waals surface area contributed by atoms with E-state index in [4.69, 9.17) is 0 Å². The molecule has 3 heteroatoms. The van der Waals surface area contributed by atoms with Gasteiger partial charge in [0.15, 0.2) is 0 Å². The largest absolute Gasteiger partial charge is 0.288 e. The lowest BCUT2D eigenvalue weighted by atomic mass is 9.77. The van der Waals surface area contributed by atoms with E-state index in [1.54, 1.807) is 12.1 Å². The van der Waals surface area contributed by atoms with Crippen LogP contribution < -0.4 is 0 Å². The Morgan fingerprint density at radius 2 is 1.35 bits per heavy atom. The molecule has 1 fully saturated rings. The van der Waals surface area contributed by atoms with E-state index in [9.17, 15) is 8.78 Å². The summed E-state index contributed by atoms with van der Waals surface area (Å²) in [6.07, 6.45) is 15.9. The van der Waals surface area contributed by atoms with Crippen LogP contribution >= 0.6 is 11.8 Å². The van der Waals surface area contributed by atoms with Crippen LogP contribution in [0.25, 0.3) is 0 Å². The van der Waals surface area contributed by atoms with Crippen LogP contribution in [0, 0.1) is 5.92 Å². The van der Waals surface area contributed by atoms with Crippen molar-refractivity contribution in [2.24, 2.45) is 5.92 Å². The maximum Gasteiger partial charge on any atom is 0.288 e. The van der Waals surface area contributed by atoms with Crippen LogP contribution in [0.15, 0.2) is 53.4 Å². The van der Waals surface area contributed by atoms with Crippen molar-refractivity contribution in [3.05, 3.63) is 65.2 Å². The van der Waals surface area contributed by atoms with Crippen molar-refractivity contribution in [2.75, 3.05) is 0 Å². The summed E-state index contributed by atoms with van der Waals surface area (Å²) in [5, 5.41) is 0. The van der Waals surface area contributed by atoms with Crippen molar-refractivity contribution < 1.29 is 8.78 Å². The summed E-state index contributed by atoms with van der Waals surface area (Å²) in [5.74, 6) is -0.650. The third-order valence-corrected chi connectivity index (χ3v) is 7.59. The molecule has 31 heavy (non-hydrogen) atoms. The molecule has 1 saturated carbocycles. The Balaban J connectivity index is 1.38. The summed E-state index contributed by atoms with van der Waals surface area (Å²) >= 11 is 0.610. The van der Waals surface area contributed by atoms with Gasteiger partial charge in [-0.2, -0.15) is 8.78 Å². The monoisotopic (exact) mass is 444 g/mol. The summed E-state index contributed by atoms with van der Waals surface area (Å²) in [5.41, 5.74) is 4.07. The van der Waals surface area contributed by atoms with E-state index in [-0.39, 0.29) is 0 Å². The molecule has 0 nitrogen and oxygen atoms in total. The van der Waals surface area contributed by atoms with E-state index in [2.05, 4.69) is 31.2 Å². The number of hydrogen-bond acceptors (Lipinski definition) is 1. The average molecular weight is 445 g/mol. The quantitative estimate of drug-likeness (QED) is 0.232. The van der Waals surface area contributed by atoms with E-state index < -0.39 is 5.76 Å². The van der Waals surface area contributed by atoms with Gasteiger partial charge in [0.25, 0.3) is 5.76 Å². The zero-order valence-electron chi connectivity index (χ0n) is 19.0. The van der Waals surface area contributed by atoms with Crippen LogP contribution in [-0.2, 0) is 12.8 Å². The summed E-state index contributed by atoms with van der Waals surface area (Å²) in [6.45, 7) is 2.28. The Bertz CT molecular complexity index is 731. The minimum absolute atomic E-state index is 0.610. The normalized spacial score (nSPS) is 19.1. The zero-order chi connectivity index (χ0) is 21.9. The summed E-state index contributed by atoms with van der Waals surface area (Å²) < 4.78 is 24.9. The highest BCUT2D eigenvalue weighted by molar-refractivity contribution is 7.99. The summed E-state index contributed by atoms with van der Waals surface area (Å²) in [6, 6.07) is 16.8. The SMILES string of the molecule is CCCCCCCC1CCC(c2ccc(CCc3ccc(SC(F)F)cc3)cc2)CC1. The van der Waals surface area contributed by atoms with Crippen molar-refractivity contribution in [1.29, 1.82) is 0 Å². The number of rotatable bonds is 12. The molecule has 0 bridgehead atoms. The van der Waals surface area contributed by atoms with Crippen molar-refractivity contribution in [2.45, 2.75) is 101 Å². The molecule has 0 aromatic heterocycles. The molecule has 0 aliphatic heterocycles. The van der Waals surface area contributed by atoms with Gasteiger partial charge in [0, 0.05) is 4.90 Å². The topological polar surface area (TPSA) is 0 Å². The fourth-order valence-electron chi connectivity index (χ4n) is 4.90. The predicted octanol–water partition coefficient (Wildman–Crippen LogP) is 9.42. The fourth-order valence-corrected chi connectivity index (χ4v) is 5.40. The van der Waals surface area contributed by atoms with E-state index >= 15 is 0 Å². The van der Waals surface area contributed by atoms with E-state index in [1.165, 1.54) is 80.9 Å². The maximum absolute atomic E-state index is 12.4. The highest BCUT2D eigenvalue weighted by atomic mass is 32.2. The number of benzene rings is 2. The Morgan fingerprint density at radius 1 is 0.774 bits per heavy atom. The Kier molecular flexibility index (Phi) is 10.4. The van der Waals surface area contributed by atoms with E-state index in [0.29, 0.717) is 16.7 Å². The summed E-state index contributed by atoms with van der Waals surface area (Å²) in [7, 11) is 0. The molecule has 0 spiro atoms. The van der Waals surface area contributed by atoms with Crippen LogP contribution in [-0.4, -0.2) is 5.76 Å². The molecule has 0 heterocycles. The van der Waals surface area contributed by atoms with Crippen LogP contribution in [0.1, 0.15) is 93.7 Å². The lowest BCUT2D eigenvalue weighted by Gasteiger charge is -2.29. The molecule has 1 aliphatic carbocycles. The van der Waals surface area contributed by atoms with Gasteiger partial charge >= 0.3 is 0 Å². The molecule has 0 radical (unpaired) electrons. The molecule has 2 aromatic carbocycles. The van der Waals surface area contributed by atoms with E-state index in [1.807, 2.05) is 12.1 Å². The van der Waals surface area contributed by atoms with Crippen LogP contribution in [0.3, 0.4) is 0 Å². The average Bonchev–Trinajstić information content (AvgIpc) is 2.79. The summed E-state index contributed by atoms with van der Waals surface area (Å²) in [4.78, 5) is 0.634. The minimum Gasteiger partial charge on any atom is -0.198 e. The fraction of sp³-hybridized carbons (Fsp3) is 0.571. The second-order valence-electron chi connectivity index (χ2n) is 9.18. The van der Waals surface area contributed by atoms with Gasteiger partial charge in [-0.1, -0.05) is 93.6 Å². The first-order valence-corrected chi connectivity index (χ1v) is 13.1. The highest BCUT2D eigenvalue weighted by Crippen LogP contribution is 2.38. The Morgan fingerprint density at radius 3 is 1.94 bits per heavy atom. The van der Waals surface area contributed by atoms with Crippen molar-refractivity contribution in [3.63, 3.8) is 0 Å². The van der Waals surface area contributed by atoms with Gasteiger partial charge in [0.05, 0.1) is 0 Å². The molecule has 0 atom stereocenters. The van der Waals surface area contributed by atoms with Crippen molar-refractivity contribution in [1.82, 2.24) is 0 Å². The molecule has 0 saturated heterocycles. The van der Waals surface area contributed by atoms with Gasteiger partial charge in [-0.3, -0.25) is 0 Å². The molecule has 2 aromatic rings. The first kappa shape index (κ1) is 24.3. The van der Waals surface area contributed by atoms with E-state index in [0.717, 1.165) is 24.7 Å². The van der Waals surface area contributed by atoms with Gasteiger partial charge in [0.2, 0.25) is 0 Å². The molecule has 0 unspecified atom stereocenters. The number of alkyl halides is 2. The molecule has 3 rings (SSSR count). The van der Waals surface area contributed by atoms with Gasteiger partial charge in [0.1, 0.15) is 0 Å². The lowest BCUT2D eigenvalue weighted by molar-refractivity contribution is 0.252. The molecule has 0 amide bonds. The molecular weight excluding hydrogens is 406 g/mol. The Labute approximate surface area is 192 Å². The van der Waals surface area contributed by atoms with Crippen LogP contribution in [0.4, 0.5) is 8.78 Å². The molecule has 1 aliphatic rings. The molecular formula is C28H38F2S. The second kappa shape index (κ2) is 13.3. The maximum atomic E-state index is 12.4. The number of hydrogen-bond donors (Lipinski definition) is 0. The zero-order valence-corrected chi connectivity index (χ0v) is 19.8. The van der Waals surface area contributed by atoms with Crippen molar-refractivity contribution in [3.8, 4) is 0 Å². The molecule has 170 valence electrons. The third-order valence-electron chi connectivity index (χ3n) is 6.86. The van der Waals surface area contributed by atoms with Gasteiger partial charge in [-0.15, -0.1) is 0 Å². The van der Waals surface area contributed by atoms with Crippen LogP contribution in [0.5, 0.6) is 0 Å². The van der Waals surface area contributed by atoms with Gasteiger partial charge in [-0.25, -0.2) is 0 Å². The lowest BCUT2D eigenvalue weighted by Crippen LogP contribution is -2.13. The first-order chi connectivity index (χ1) is 15.1. The smallest absolute Gasteiger partial charge is 0.198 e. The van der Waals surface area contributed by atoms with Gasteiger partial charge < -0.3 is 0 Å². The standard InChI is InChI=1S/C28H38F2S/c1-2-3-4-5-6-7-22-10-16-25(17-11-22)26-18-12-23(13-19-26)8-9-24-14-20-27(21-15-24)31-28(29)30/h12-15,18-22,25,28H,2-11,16-17H2,1H3. The number of thioether (sulfide) groups is 1. The van der Waals surface area contributed by atoms with Gasteiger partial charge in [-0.05, 0) is 79.2 Å². The number of halogens is 2. The third kappa shape index (κ3) is 8.60. The number of aryl methyl sites for hydroxylation is 2. The van der Waals surface area contributed by atoms with Crippen LogP contribution in [0.2, 0.25) is 0 Å². The molecule has 0 N–H and O–H groups in total. The number of unbranched alkanes of at least 4 members (excludes halogenated alkanes) is 4. The van der Waals surface area contributed by atoms with Crippen molar-refractivity contribution >= 4 is 11.8 Å².